The van der Waals surface area contributed by atoms with E-state index in [0.29, 0.717) is 16.9 Å². The Morgan fingerprint density at radius 1 is 1.17 bits per heavy atom. The lowest BCUT2D eigenvalue weighted by Gasteiger charge is -2.36. The maximum Gasteiger partial charge on any atom is 0.411 e. The highest BCUT2D eigenvalue weighted by atomic mass is 19.1. The van der Waals surface area contributed by atoms with Crippen LogP contribution >= 0.6 is 0 Å². The second-order valence-electron chi connectivity index (χ2n) is 6.90. The lowest BCUT2D eigenvalue weighted by Crippen LogP contribution is -2.52. The van der Waals surface area contributed by atoms with Gasteiger partial charge >= 0.3 is 6.75 Å². The molecule has 2 aromatic heterocycles. The molecule has 0 aromatic carbocycles. The smallest absolute Gasteiger partial charge is 0.411 e. The highest BCUT2D eigenvalue weighted by Crippen LogP contribution is 2.40. The molecule has 23 heavy (non-hydrogen) atoms. The first-order valence-electron chi connectivity index (χ1n) is 7.46. The second kappa shape index (κ2) is 4.86. The van der Waals surface area contributed by atoms with E-state index in [1.807, 2.05) is 27.7 Å². The van der Waals surface area contributed by atoms with Crippen LogP contribution in [0, 0.1) is 5.82 Å². The fourth-order valence-electron chi connectivity index (χ4n) is 2.72. The lowest BCUT2D eigenvalue weighted by atomic mass is 9.69. The van der Waals surface area contributed by atoms with Crippen molar-refractivity contribution in [1.29, 1.82) is 0 Å². The summed E-state index contributed by atoms with van der Waals surface area (Å²) in [6.45, 7) is 4.71. The Morgan fingerprint density at radius 2 is 1.78 bits per heavy atom. The van der Waals surface area contributed by atoms with Crippen LogP contribution in [0.1, 0.15) is 27.7 Å². The number of aromatic nitrogens is 3. The van der Waals surface area contributed by atoms with Crippen molar-refractivity contribution in [3.63, 3.8) is 0 Å². The van der Waals surface area contributed by atoms with Gasteiger partial charge in [0, 0.05) is 18.2 Å². The van der Waals surface area contributed by atoms with Gasteiger partial charge in [-0.2, -0.15) is 5.10 Å². The summed E-state index contributed by atoms with van der Waals surface area (Å²) in [6, 6.07) is 2.80. The van der Waals surface area contributed by atoms with Gasteiger partial charge in [-0.3, -0.25) is 9.67 Å². The van der Waals surface area contributed by atoms with Crippen LogP contribution in [0.3, 0.4) is 0 Å². The molecule has 0 spiro atoms. The molecule has 0 atom stereocenters. The molecule has 1 aliphatic heterocycles. The van der Waals surface area contributed by atoms with Crippen LogP contribution in [0.25, 0.3) is 11.4 Å². The Bertz CT molecular complexity index is 727. The van der Waals surface area contributed by atoms with Crippen molar-refractivity contribution >= 4 is 12.2 Å². The van der Waals surface area contributed by atoms with Gasteiger partial charge in [0.25, 0.3) is 0 Å². The number of rotatable bonds is 2. The standard InChI is InChI=1S/C15H20BFN3O3/c1-14(2)15(3,4)23-16(21,22-14)11-9-20(5)19-13(11)12-7-6-10(17)8-18-12/h6-9,21H,1-5H3/q-1. The largest absolute Gasteiger partial charge is 0.555 e. The Labute approximate surface area is 134 Å². The third-order valence-corrected chi connectivity index (χ3v) is 4.58. The Hall–Kier alpha value is -1.77. The highest BCUT2D eigenvalue weighted by molar-refractivity contribution is 6.76. The lowest BCUT2D eigenvalue weighted by molar-refractivity contribution is 0.00578. The predicted molar refractivity (Wildman–Crippen MR) is 84.3 cm³/mol. The van der Waals surface area contributed by atoms with E-state index in [1.54, 1.807) is 17.9 Å². The molecule has 1 aliphatic rings. The van der Waals surface area contributed by atoms with E-state index >= 15 is 0 Å². The summed E-state index contributed by atoms with van der Waals surface area (Å²) in [7, 11) is 1.72. The van der Waals surface area contributed by atoms with Gasteiger partial charge in [0.05, 0.1) is 17.6 Å². The second-order valence-corrected chi connectivity index (χ2v) is 6.90. The molecular formula is C15H20BFN3O3-. The molecule has 1 N–H and O–H groups in total. The SMILES string of the molecule is Cn1cc([B-]2(O)OC(C)(C)C(C)(C)O2)c(-c2ccc(F)cn2)n1. The van der Waals surface area contributed by atoms with Gasteiger partial charge in [-0.05, 0) is 46.0 Å². The van der Waals surface area contributed by atoms with Crippen molar-refractivity contribution in [3.05, 3.63) is 30.3 Å². The summed E-state index contributed by atoms with van der Waals surface area (Å²) < 4.78 is 26.4. The molecule has 124 valence electrons. The molecule has 0 aliphatic carbocycles. The average Bonchev–Trinajstić information content (AvgIpc) is 2.87. The van der Waals surface area contributed by atoms with E-state index in [9.17, 15) is 9.41 Å². The molecule has 0 saturated carbocycles. The maximum absolute atomic E-state index is 13.1. The van der Waals surface area contributed by atoms with Gasteiger partial charge in [-0.1, -0.05) is 5.46 Å². The number of hydrogen-bond donors (Lipinski definition) is 1. The summed E-state index contributed by atoms with van der Waals surface area (Å²) in [5, 5.41) is 15.3. The number of nitrogens with zero attached hydrogens (tertiary/aromatic N) is 3. The van der Waals surface area contributed by atoms with Gasteiger partial charge in [-0.15, -0.1) is 0 Å². The average molecular weight is 320 g/mol. The van der Waals surface area contributed by atoms with Crippen molar-refractivity contribution in [3.8, 4) is 11.4 Å². The highest BCUT2D eigenvalue weighted by Gasteiger charge is 2.53. The minimum atomic E-state index is -2.73. The van der Waals surface area contributed by atoms with Crippen LogP contribution in [0.15, 0.2) is 24.5 Å². The number of hydrogen-bond acceptors (Lipinski definition) is 5. The Balaban J connectivity index is 2.10. The molecule has 1 saturated heterocycles. The van der Waals surface area contributed by atoms with E-state index in [-0.39, 0.29) is 0 Å². The third-order valence-electron chi connectivity index (χ3n) is 4.58. The summed E-state index contributed by atoms with van der Waals surface area (Å²) in [6.07, 6.45) is 2.74. The fourth-order valence-corrected chi connectivity index (χ4v) is 2.72. The topological polar surface area (TPSA) is 69.4 Å². The minimum absolute atomic E-state index is 0.394. The molecule has 6 nitrogen and oxygen atoms in total. The quantitative estimate of drug-likeness (QED) is 0.846. The molecule has 0 amide bonds. The fraction of sp³-hybridized carbons (Fsp3) is 0.467. The van der Waals surface area contributed by atoms with Crippen LogP contribution in [0.5, 0.6) is 0 Å². The van der Waals surface area contributed by atoms with Crippen molar-refractivity contribution in [1.82, 2.24) is 14.8 Å². The molecule has 2 aromatic rings. The van der Waals surface area contributed by atoms with Crippen LogP contribution < -0.4 is 5.46 Å². The van der Waals surface area contributed by atoms with E-state index < -0.39 is 23.8 Å². The summed E-state index contributed by atoms with van der Waals surface area (Å²) >= 11 is 0. The minimum Gasteiger partial charge on any atom is -0.555 e. The zero-order valence-corrected chi connectivity index (χ0v) is 13.9. The van der Waals surface area contributed by atoms with Crippen LogP contribution in [-0.4, -0.2) is 37.7 Å². The van der Waals surface area contributed by atoms with Crippen LogP contribution in [0.4, 0.5) is 4.39 Å². The zero-order valence-electron chi connectivity index (χ0n) is 13.9. The molecule has 0 radical (unpaired) electrons. The maximum atomic E-state index is 13.1. The monoisotopic (exact) mass is 320 g/mol. The zero-order chi connectivity index (χ0) is 17.0. The van der Waals surface area contributed by atoms with Gasteiger partial charge in [-0.25, -0.2) is 4.39 Å². The Kier molecular flexibility index (Phi) is 3.41. The third kappa shape index (κ3) is 2.56. The first-order valence-corrected chi connectivity index (χ1v) is 7.46. The molecule has 1 fully saturated rings. The van der Waals surface area contributed by atoms with Crippen molar-refractivity contribution < 1.29 is 18.7 Å². The molecule has 8 heteroatoms. The van der Waals surface area contributed by atoms with Crippen molar-refractivity contribution in [2.24, 2.45) is 7.05 Å². The van der Waals surface area contributed by atoms with Gasteiger partial charge < -0.3 is 14.3 Å². The first-order chi connectivity index (χ1) is 10.5. The summed E-state index contributed by atoms with van der Waals surface area (Å²) in [5.41, 5.74) is -0.142. The number of pyridine rings is 1. The Morgan fingerprint density at radius 3 is 2.30 bits per heavy atom. The summed E-state index contributed by atoms with van der Waals surface area (Å²) in [4.78, 5) is 4.03. The van der Waals surface area contributed by atoms with Crippen LogP contribution in [-0.2, 0) is 16.4 Å². The molecule has 3 heterocycles. The van der Waals surface area contributed by atoms with Crippen LogP contribution in [0.2, 0.25) is 0 Å². The molecular weight excluding hydrogens is 300 g/mol. The predicted octanol–water partition coefficient (Wildman–Crippen LogP) is 1.36. The van der Waals surface area contributed by atoms with E-state index in [0.717, 1.165) is 6.20 Å². The van der Waals surface area contributed by atoms with Gasteiger partial charge in [0.2, 0.25) is 0 Å². The van der Waals surface area contributed by atoms with Crippen molar-refractivity contribution in [2.75, 3.05) is 0 Å². The van der Waals surface area contributed by atoms with Gasteiger partial charge in [0.1, 0.15) is 5.82 Å². The first kappa shape index (κ1) is 16.1. The van der Waals surface area contributed by atoms with E-state index in [2.05, 4.69) is 10.1 Å². The normalized spacial score (nSPS) is 21.5. The summed E-state index contributed by atoms with van der Waals surface area (Å²) in [5.74, 6) is -0.439. The van der Waals surface area contributed by atoms with Crippen molar-refractivity contribution in [2.45, 2.75) is 38.9 Å². The molecule has 0 unspecified atom stereocenters. The van der Waals surface area contributed by atoms with E-state index in [4.69, 9.17) is 9.31 Å². The van der Waals surface area contributed by atoms with E-state index in [1.165, 1.54) is 12.1 Å². The molecule has 0 bridgehead atoms. The van der Waals surface area contributed by atoms with Gasteiger partial charge in [0.15, 0.2) is 0 Å². The number of halogens is 1. The molecule has 3 rings (SSSR count). The number of aryl methyl sites for hydroxylation is 1.